The third-order valence-electron chi connectivity index (χ3n) is 4.59. The summed E-state index contributed by atoms with van der Waals surface area (Å²) in [6.45, 7) is 2.13. The quantitative estimate of drug-likeness (QED) is 0.674. The van der Waals surface area contributed by atoms with E-state index >= 15 is 0 Å². The van der Waals surface area contributed by atoms with Crippen molar-refractivity contribution in [3.8, 4) is 23.3 Å². The first kappa shape index (κ1) is 17.5. The summed E-state index contributed by atoms with van der Waals surface area (Å²) in [6.07, 6.45) is 0. The molecule has 0 bridgehead atoms. The van der Waals surface area contributed by atoms with Gasteiger partial charge in [-0.05, 0) is 36.8 Å². The highest BCUT2D eigenvalue weighted by Crippen LogP contribution is 2.44. The highest BCUT2D eigenvalue weighted by molar-refractivity contribution is 5.86. The van der Waals surface area contributed by atoms with Crippen LogP contribution in [-0.2, 0) is 0 Å². The zero-order chi connectivity index (χ0) is 19.8. The van der Waals surface area contributed by atoms with Crippen molar-refractivity contribution in [1.82, 2.24) is 0 Å². The van der Waals surface area contributed by atoms with Crippen molar-refractivity contribution in [2.24, 2.45) is 5.73 Å². The Balaban J connectivity index is 2.03. The van der Waals surface area contributed by atoms with E-state index in [1.807, 2.05) is 6.07 Å². The molecule has 4 rings (SSSR count). The standard InChI is InChI=1S/C21H16N2O5/c1-2-26-16-9-11(7-8-14(16)24)17-13(10-22)20(23)28-19-12-5-3-4-6-15(12)27-21(25)18(17)19/h3-9,17,24H,2,23H2,1H3/t17-/m0/s1. The number of allylic oxidation sites excluding steroid dienone is 1. The van der Waals surface area contributed by atoms with E-state index in [2.05, 4.69) is 0 Å². The van der Waals surface area contributed by atoms with Crippen LogP contribution in [-0.4, -0.2) is 11.7 Å². The van der Waals surface area contributed by atoms with E-state index in [1.54, 1.807) is 43.3 Å². The van der Waals surface area contributed by atoms with E-state index in [0.717, 1.165) is 0 Å². The number of nitrogens with two attached hydrogens (primary N) is 1. The number of ether oxygens (including phenoxy) is 2. The average Bonchev–Trinajstić information content (AvgIpc) is 2.69. The van der Waals surface area contributed by atoms with Gasteiger partial charge in [0.2, 0.25) is 5.88 Å². The summed E-state index contributed by atoms with van der Waals surface area (Å²) in [5.41, 5.74) is 6.57. The van der Waals surface area contributed by atoms with Crippen LogP contribution >= 0.6 is 0 Å². The highest BCUT2D eigenvalue weighted by Gasteiger charge is 2.35. The van der Waals surface area contributed by atoms with Crippen molar-refractivity contribution in [2.75, 3.05) is 6.61 Å². The number of rotatable bonds is 3. The SMILES string of the molecule is CCOc1cc([C@H]2C(C#N)=C(N)Oc3c2c(=O)oc2ccccc32)ccc1O. The zero-order valence-electron chi connectivity index (χ0n) is 14.9. The molecule has 0 saturated heterocycles. The fraction of sp³-hybridized carbons (Fsp3) is 0.143. The first-order valence-electron chi connectivity index (χ1n) is 8.64. The summed E-state index contributed by atoms with van der Waals surface area (Å²) < 4.78 is 16.6. The van der Waals surface area contributed by atoms with Crippen molar-refractivity contribution < 1.29 is 19.0 Å². The summed E-state index contributed by atoms with van der Waals surface area (Å²) in [5.74, 6) is -0.427. The molecule has 0 spiro atoms. The van der Waals surface area contributed by atoms with Gasteiger partial charge in [-0.15, -0.1) is 0 Å². The Morgan fingerprint density at radius 3 is 2.82 bits per heavy atom. The molecule has 1 aliphatic heterocycles. The maximum Gasteiger partial charge on any atom is 0.344 e. The van der Waals surface area contributed by atoms with Crippen molar-refractivity contribution >= 4 is 11.0 Å². The first-order chi connectivity index (χ1) is 13.5. The van der Waals surface area contributed by atoms with Gasteiger partial charge in [0, 0.05) is 0 Å². The third kappa shape index (κ3) is 2.63. The predicted octanol–water partition coefficient (Wildman–Crippen LogP) is 3.12. The van der Waals surface area contributed by atoms with E-state index < -0.39 is 11.5 Å². The minimum absolute atomic E-state index is 0.0427. The van der Waals surface area contributed by atoms with E-state index in [9.17, 15) is 15.2 Å². The van der Waals surface area contributed by atoms with E-state index in [-0.39, 0.29) is 34.3 Å². The molecule has 28 heavy (non-hydrogen) atoms. The number of para-hydroxylation sites is 1. The second-order valence-electron chi connectivity index (χ2n) is 6.21. The summed E-state index contributed by atoms with van der Waals surface area (Å²) in [5, 5.41) is 20.2. The molecular weight excluding hydrogens is 360 g/mol. The lowest BCUT2D eigenvalue weighted by Crippen LogP contribution is -2.26. The van der Waals surface area contributed by atoms with Gasteiger partial charge in [0.25, 0.3) is 0 Å². The number of fused-ring (bicyclic) bond motifs is 3. The Kier molecular flexibility index (Phi) is 4.17. The van der Waals surface area contributed by atoms with E-state index in [0.29, 0.717) is 23.1 Å². The molecule has 1 aromatic heterocycles. The van der Waals surface area contributed by atoms with Gasteiger partial charge in [-0.1, -0.05) is 18.2 Å². The van der Waals surface area contributed by atoms with Crippen LogP contribution < -0.4 is 20.8 Å². The topological polar surface area (TPSA) is 119 Å². The number of nitriles is 1. The Bertz CT molecular complexity index is 1220. The Morgan fingerprint density at radius 2 is 2.07 bits per heavy atom. The number of hydrogen-bond acceptors (Lipinski definition) is 7. The number of nitrogens with zero attached hydrogens (tertiary/aromatic N) is 1. The summed E-state index contributed by atoms with van der Waals surface area (Å²) in [6, 6.07) is 13.6. The van der Waals surface area contributed by atoms with Gasteiger partial charge in [0.05, 0.1) is 23.5 Å². The molecule has 7 nitrogen and oxygen atoms in total. The molecule has 0 saturated carbocycles. The molecule has 2 heterocycles. The van der Waals surface area contributed by atoms with Crippen LogP contribution in [0.25, 0.3) is 11.0 Å². The van der Waals surface area contributed by atoms with Crippen LogP contribution in [0.5, 0.6) is 17.2 Å². The molecule has 2 aromatic carbocycles. The van der Waals surface area contributed by atoms with Gasteiger partial charge in [0.15, 0.2) is 17.2 Å². The van der Waals surface area contributed by atoms with Crippen molar-refractivity contribution in [3.05, 3.63) is 75.5 Å². The van der Waals surface area contributed by atoms with Gasteiger partial charge < -0.3 is 24.7 Å². The van der Waals surface area contributed by atoms with E-state index in [4.69, 9.17) is 19.6 Å². The second-order valence-corrected chi connectivity index (χ2v) is 6.21. The zero-order valence-corrected chi connectivity index (χ0v) is 14.9. The molecule has 7 heteroatoms. The Hall–Kier alpha value is -3.92. The summed E-state index contributed by atoms with van der Waals surface area (Å²) in [7, 11) is 0. The van der Waals surface area contributed by atoms with Crippen LogP contribution in [0.4, 0.5) is 0 Å². The molecule has 140 valence electrons. The second kappa shape index (κ2) is 6.67. The molecule has 1 atom stereocenters. The van der Waals surface area contributed by atoms with E-state index in [1.165, 1.54) is 6.07 Å². The molecule has 3 aromatic rings. The van der Waals surface area contributed by atoms with Crippen LogP contribution in [0.1, 0.15) is 24.0 Å². The van der Waals surface area contributed by atoms with Gasteiger partial charge in [-0.25, -0.2) is 4.79 Å². The number of phenols is 1. The molecule has 3 N–H and O–H groups in total. The average molecular weight is 376 g/mol. The highest BCUT2D eigenvalue weighted by atomic mass is 16.5. The molecule has 0 amide bonds. The van der Waals surface area contributed by atoms with Gasteiger partial charge in [-0.3, -0.25) is 0 Å². The molecule has 0 radical (unpaired) electrons. The normalized spacial score (nSPS) is 15.6. The smallest absolute Gasteiger partial charge is 0.344 e. The van der Waals surface area contributed by atoms with Crippen LogP contribution in [0.3, 0.4) is 0 Å². The van der Waals surface area contributed by atoms with Crippen molar-refractivity contribution in [1.29, 1.82) is 5.26 Å². The van der Waals surface area contributed by atoms with Gasteiger partial charge in [0.1, 0.15) is 17.2 Å². The molecule has 0 aliphatic carbocycles. The lowest BCUT2D eigenvalue weighted by atomic mass is 9.83. The molecule has 0 fully saturated rings. The number of hydrogen-bond donors (Lipinski definition) is 2. The lowest BCUT2D eigenvalue weighted by Gasteiger charge is -2.26. The summed E-state index contributed by atoms with van der Waals surface area (Å²) in [4.78, 5) is 12.8. The Labute approximate surface area is 159 Å². The molecule has 0 unspecified atom stereocenters. The number of phenolic OH excluding ortho intramolecular Hbond substituents is 1. The molecular formula is C21H16N2O5. The van der Waals surface area contributed by atoms with Crippen LogP contribution in [0, 0.1) is 11.3 Å². The maximum atomic E-state index is 12.8. The van der Waals surface area contributed by atoms with Gasteiger partial charge in [-0.2, -0.15) is 5.26 Å². The van der Waals surface area contributed by atoms with Gasteiger partial charge >= 0.3 is 5.63 Å². The minimum Gasteiger partial charge on any atom is -0.504 e. The first-order valence-corrected chi connectivity index (χ1v) is 8.64. The largest absolute Gasteiger partial charge is 0.504 e. The summed E-state index contributed by atoms with van der Waals surface area (Å²) >= 11 is 0. The fourth-order valence-electron chi connectivity index (χ4n) is 3.38. The van der Waals surface area contributed by atoms with Crippen LogP contribution in [0.2, 0.25) is 0 Å². The predicted molar refractivity (Wildman–Crippen MR) is 101 cm³/mol. The lowest BCUT2D eigenvalue weighted by molar-refractivity contribution is 0.317. The Morgan fingerprint density at radius 1 is 1.29 bits per heavy atom. The van der Waals surface area contributed by atoms with Crippen molar-refractivity contribution in [2.45, 2.75) is 12.8 Å². The minimum atomic E-state index is -0.811. The number of aromatic hydroxyl groups is 1. The van der Waals surface area contributed by atoms with Crippen LogP contribution in [0.15, 0.2) is 63.1 Å². The maximum absolute atomic E-state index is 12.8. The number of benzene rings is 2. The fourth-order valence-corrected chi connectivity index (χ4v) is 3.38. The monoisotopic (exact) mass is 376 g/mol. The molecule has 1 aliphatic rings. The van der Waals surface area contributed by atoms with Crippen molar-refractivity contribution in [3.63, 3.8) is 0 Å². The third-order valence-corrected chi connectivity index (χ3v) is 4.59.